The van der Waals surface area contributed by atoms with Gasteiger partial charge >= 0.3 is 5.97 Å². The molecule has 0 radical (unpaired) electrons. The van der Waals surface area contributed by atoms with Gasteiger partial charge in [0, 0.05) is 19.8 Å². The number of aromatic nitrogens is 3. The SMILES string of the molecule is CN=C(NCCC(=O)OC)NCc1nnc2ccccn12. The number of fused-ring (bicyclic) bond motifs is 1. The molecule has 0 spiro atoms. The molecule has 21 heavy (non-hydrogen) atoms. The highest BCUT2D eigenvalue weighted by atomic mass is 16.5. The average Bonchev–Trinajstić information content (AvgIpc) is 2.93. The first-order valence-electron chi connectivity index (χ1n) is 6.54. The maximum Gasteiger partial charge on any atom is 0.307 e. The number of pyridine rings is 1. The van der Waals surface area contributed by atoms with Crippen LogP contribution in [-0.2, 0) is 16.1 Å². The van der Waals surface area contributed by atoms with Gasteiger partial charge in [0.25, 0.3) is 0 Å². The Hall–Kier alpha value is -2.64. The second kappa shape index (κ2) is 7.22. The maximum atomic E-state index is 11.0. The lowest BCUT2D eigenvalue weighted by molar-refractivity contribution is -0.140. The van der Waals surface area contributed by atoms with E-state index in [1.165, 1.54) is 7.11 Å². The summed E-state index contributed by atoms with van der Waals surface area (Å²) in [5.41, 5.74) is 0.794. The van der Waals surface area contributed by atoms with Gasteiger partial charge in [-0.1, -0.05) is 6.07 Å². The Balaban J connectivity index is 1.87. The second-order valence-corrected chi connectivity index (χ2v) is 4.22. The summed E-state index contributed by atoms with van der Waals surface area (Å²) in [4.78, 5) is 15.1. The van der Waals surface area contributed by atoms with Gasteiger partial charge in [-0.15, -0.1) is 10.2 Å². The summed E-state index contributed by atoms with van der Waals surface area (Å²) in [6.07, 6.45) is 2.19. The Bertz CT molecular complexity index is 636. The summed E-state index contributed by atoms with van der Waals surface area (Å²) in [5.74, 6) is 1.11. The number of ether oxygens (including phenoxy) is 1. The van der Waals surface area contributed by atoms with Crippen molar-refractivity contribution in [2.75, 3.05) is 20.7 Å². The molecule has 8 nitrogen and oxygen atoms in total. The van der Waals surface area contributed by atoms with Crippen LogP contribution < -0.4 is 10.6 Å². The highest BCUT2D eigenvalue weighted by Gasteiger charge is 2.06. The normalized spacial score (nSPS) is 11.4. The zero-order valence-corrected chi connectivity index (χ0v) is 12.0. The predicted octanol–water partition coefficient (Wildman–Crippen LogP) is -0.0426. The molecular formula is C13H18N6O2. The van der Waals surface area contributed by atoms with Crippen molar-refractivity contribution >= 4 is 17.6 Å². The molecule has 0 aromatic carbocycles. The van der Waals surface area contributed by atoms with Crippen molar-refractivity contribution in [1.29, 1.82) is 0 Å². The van der Waals surface area contributed by atoms with E-state index in [4.69, 9.17) is 0 Å². The molecule has 2 aromatic heterocycles. The van der Waals surface area contributed by atoms with Crippen LogP contribution in [0, 0.1) is 0 Å². The topological polar surface area (TPSA) is 92.9 Å². The summed E-state index contributed by atoms with van der Waals surface area (Å²) >= 11 is 0. The van der Waals surface area contributed by atoms with Crippen LogP contribution in [0.5, 0.6) is 0 Å². The molecule has 0 aliphatic heterocycles. The third-order valence-electron chi connectivity index (χ3n) is 2.87. The molecule has 8 heteroatoms. The lowest BCUT2D eigenvalue weighted by atomic mass is 10.4. The molecule has 0 aliphatic carbocycles. The molecule has 0 amide bonds. The van der Waals surface area contributed by atoms with Gasteiger partial charge in [0.2, 0.25) is 0 Å². The van der Waals surface area contributed by atoms with E-state index in [0.717, 1.165) is 11.5 Å². The summed E-state index contributed by atoms with van der Waals surface area (Å²) < 4.78 is 6.47. The standard InChI is InChI=1S/C13H18N6O2/c1-14-13(15-7-6-12(20)21-2)16-9-11-18-17-10-5-3-4-8-19(10)11/h3-5,8H,6-7,9H2,1-2H3,(H2,14,15,16). The summed E-state index contributed by atoms with van der Waals surface area (Å²) in [7, 11) is 3.03. The minimum atomic E-state index is -0.263. The molecule has 2 heterocycles. The molecule has 2 aromatic rings. The third-order valence-corrected chi connectivity index (χ3v) is 2.87. The molecule has 0 aliphatic rings. The molecule has 0 saturated carbocycles. The number of carbonyl (C=O) groups excluding carboxylic acids is 1. The number of nitrogens with one attached hydrogen (secondary N) is 2. The van der Waals surface area contributed by atoms with Gasteiger partial charge < -0.3 is 15.4 Å². The van der Waals surface area contributed by atoms with Crippen LogP contribution in [0.25, 0.3) is 5.65 Å². The Morgan fingerprint density at radius 2 is 2.24 bits per heavy atom. The number of guanidine groups is 1. The summed E-state index contributed by atoms with van der Waals surface area (Å²) in [6, 6.07) is 5.72. The number of aliphatic imine (C=N–C) groups is 1. The number of rotatable bonds is 5. The van der Waals surface area contributed by atoms with Crippen LogP contribution in [0.3, 0.4) is 0 Å². The van der Waals surface area contributed by atoms with Crippen LogP contribution in [0.4, 0.5) is 0 Å². The number of methoxy groups -OCH3 is 1. The van der Waals surface area contributed by atoms with Crippen molar-refractivity contribution in [3.63, 3.8) is 0 Å². The molecule has 2 rings (SSSR count). The molecular weight excluding hydrogens is 272 g/mol. The van der Waals surface area contributed by atoms with Gasteiger partial charge in [-0.05, 0) is 12.1 Å². The smallest absolute Gasteiger partial charge is 0.307 e. The summed E-state index contributed by atoms with van der Waals surface area (Å²) in [5, 5.41) is 14.3. The number of nitrogens with zero attached hydrogens (tertiary/aromatic N) is 4. The van der Waals surface area contributed by atoms with Crippen molar-refractivity contribution in [2.45, 2.75) is 13.0 Å². The van der Waals surface area contributed by atoms with E-state index in [2.05, 4.69) is 30.6 Å². The van der Waals surface area contributed by atoms with Crippen LogP contribution >= 0.6 is 0 Å². The van der Waals surface area contributed by atoms with Crippen molar-refractivity contribution in [1.82, 2.24) is 25.2 Å². The third kappa shape index (κ3) is 3.91. The first-order chi connectivity index (χ1) is 10.2. The zero-order chi connectivity index (χ0) is 15.1. The van der Waals surface area contributed by atoms with Crippen LogP contribution in [0.1, 0.15) is 12.2 Å². The number of hydrogen-bond acceptors (Lipinski definition) is 5. The van der Waals surface area contributed by atoms with Crippen molar-refractivity contribution in [3.05, 3.63) is 30.2 Å². The Kier molecular flexibility index (Phi) is 5.08. The Morgan fingerprint density at radius 1 is 1.38 bits per heavy atom. The minimum absolute atomic E-state index is 0.263. The average molecular weight is 290 g/mol. The number of carbonyl (C=O) groups is 1. The summed E-state index contributed by atoms with van der Waals surface area (Å²) in [6.45, 7) is 0.927. The molecule has 2 N–H and O–H groups in total. The van der Waals surface area contributed by atoms with Gasteiger partial charge in [0.05, 0.1) is 20.1 Å². The zero-order valence-electron chi connectivity index (χ0n) is 12.0. The van der Waals surface area contributed by atoms with Crippen LogP contribution in [0.15, 0.2) is 29.4 Å². The van der Waals surface area contributed by atoms with Gasteiger partial charge in [0.15, 0.2) is 17.4 Å². The number of esters is 1. The largest absolute Gasteiger partial charge is 0.469 e. The van der Waals surface area contributed by atoms with E-state index in [9.17, 15) is 4.79 Å². The van der Waals surface area contributed by atoms with Gasteiger partial charge in [-0.25, -0.2) is 0 Å². The fourth-order valence-corrected chi connectivity index (χ4v) is 1.78. The van der Waals surface area contributed by atoms with E-state index in [-0.39, 0.29) is 12.4 Å². The van der Waals surface area contributed by atoms with Crippen LogP contribution in [-0.4, -0.2) is 47.2 Å². The fourth-order valence-electron chi connectivity index (χ4n) is 1.78. The lowest BCUT2D eigenvalue weighted by Crippen LogP contribution is -2.38. The lowest BCUT2D eigenvalue weighted by Gasteiger charge is -2.10. The molecule has 0 bridgehead atoms. The minimum Gasteiger partial charge on any atom is -0.469 e. The van der Waals surface area contributed by atoms with Gasteiger partial charge in [-0.2, -0.15) is 0 Å². The highest BCUT2D eigenvalue weighted by Crippen LogP contribution is 2.02. The van der Waals surface area contributed by atoms with Crippen molar-refractivity contribution in [2.24, 2.45) is 4.99 Å². The predicted molar refractivity (Wildman–Crippen MR) is 77.8 cm³/mol. The van der Waals surface area contributed by atoms with E-state index in [1.54, 1.807) is 7.05 Å². The molecule has 0 atom stereocenters. The van der Waals surface area contributed by atoms with E-state index in [1.807, 2.05) is 28.8 Å². The van der Waals surface area contributed by atoms with Gasteiger partial charge in [-0.3, -0.25) is 14.2 Å². The first-order valence-corrected chi connectivity index (χ1v) is 6.54. The van der Waals surface area contributed by atoms with E-state index < -0.39 is 0 Å². The molecule has 0 fully saturated rings. The van der Waals surface area contributed by atoms with E-state index in [0.29, 0.717) is 19.0 Å². The van der Waals surface area contributed by atoms with Crippen molar-refractivity contribution < 1.29 is 9.53 Å². The quantitative estimate of drug-likeness (QED) is 0.456. The van der Waals surface area contributed by atoms with E-state index >= 15 is 0 Å². The molecule has 112 valence electrons. The second-order valence-electron chi connectivity index (χ2n) is 4.22. The number of hydrogen-bond donors (Lipinski definition) is 2. The highest BCUT2D eigenvalue weighted by molar-refractivity contribution is 5.80. The Labute approximate surface area is 122 Å². The Morgan fingerprint density at radius 3 is 3.00 bits per heavy atom. The molecule has 0 unspecified atom stereocenters. The molecule has 0 saturated heterocycles. The monoisotopic (exact) mass is 290 g/mol. The van der Waals surface area contributed by atoms with Gasteiger partial charge in [0.1, 0.15) is 0 Å². The van der Waals surface area contributed by atoms with Crippen molar-refractivity contribution in [3.8, 4) is 0 Å². The fraction of sp³-hybridized carbons (Fsp3) is 0.385. The van der Waals surface area contributed by atoms with Crippen LogP contribution in [0.2, 0.25) is 0 Å². The maximum absolute atomic E-state index is 11.0. The first kappa shape index (κ1) is 14.8.